The fourth-order valence-electron chi connectivity index (χ4n) is 6.66. The smallest absolute Gasteiger partial charge is 0.326 e. The first-order valence-electron chi connectivity index (χ1n) is 18.6. The van der Waals surface area contributed by atoms with Crippen LogP contribution in [0.3, 0.4) is 0 Å². The van der Waals surface area contributed by atoms with E-state index in [1.807, 2.05) is 54.6 Å². The third kappa shape index (κ3) is 9.24. The van der Waals surface area contributed by atoms with Crippen LogP contribution >= 0.6 is 0 Å². The molecule has 2 aromatic heterocycles. The van der Waals surface area contributed by atoms with E-state index in [-0.39, 0.29) is 30.8 Å². The summed E-state index contributed by atoms with van der Waals surface area (Å²) in [6, 6.07) is 39.6. The van der Waals surface area contributed by atoms with Gasteiger partial charge in [0.1, 0.15) is 34.4 Å². The quantitative estimate of drug-likeness (QED) is 0.0832. The Morgan fingerprint density at radius 2 is 0.881 bits per heavy atom. The predicted molar refractivity (Wildman–Crippen MR) is 220 cm³/mol. The largest absolute Gasteiger partial charge is 0.480 e. The maximum atomic E-state index is 12.8. The van der Waals surface area contributed by atoms with E-state index in [2.05, 4.69) is 10.6 Å². The Balaban J connectivity index is 0.000000179. The molecule has 0 spiro atoms. The summed E-state index contributed by atoms with van der Waals surface area (Å²) in [7, 11) is 0. The van der Waals surface area contributed by atoms with Crippen molar-refractivity contribution in [1.82, 2.24) is 10.6 Å². The maximum absolute atomic E-state index is 12.8. The Morgan fingerprint density at radius 3 is 1.37 bits per heavy atom. The van der Waals surface area contributed by atoms with Crippen LogP contribution < -0.4 is 10.6 Å². The van der Waals surface area contributed by atoms with Crippen molar-refractivity contribution < 1.29 is 47.8 Å². The highest BCUT2D eigenvalue weighted by molar-refractivity contribution is 6.10. The number of nitrogens with one attached hydrogen (secondary N) is 2. The average molecular weight is 789 g/mol. The Kier molecular flexibility index (Phi) is 11.7. The molecule has 0 fully saturated rings. The third-order valence-electron chi connectivity index (χ3n) is 9.66. The number of hydrogen-bond acceptors (Lipinski definition) is 8. The number of ketones is 2. The van der Waals surface area contributed by atoms with Crippen molar-refractivity contribution in [3.8, 4) is 0 Å². The van der Waals surface area contributed by atoms with Gasteiger partial charge in [-0.05, 0) is 66.2 Å². The maximum Gasteiger partial charge on any atom is 0.326 e. The van der Waals surface area contributed by atoms with Crippen LogP contribution in [0, 0.1) is 0 Å². The first-order valence-corrected chi connectivity index (χ1v) is 18.6. The third-order valence-corrected chi connectivity index (χ3v) is 9.66. The highest BCUT2D eigenvalue weighted by atomic mass is 16.4. The average Bonchev–Trinajstić information content (AvgIpc) is 3.81. The van der Waals surface area contributed by atoms with Gasteiger partial charge in [-0.2, -0.15) is 0 Å². The summed E-state index contributed by atoms with van der Waals surface area (Å²) in [6.45, 7) is 0. The Bertz CT molecular complexity index is 2860. The summed E-state index contributed by atoms with van der Waals surface area (Å²) >= 11 is 0. The normalized spacial score (nSPS) is 12.0. The number of Topliss-reactive ketones (excluding diaryl/α,β-unsaturated/α-hetero) is 2. The van der Waals surface area contributed by atoms with Gasteiger partial charge >= 0.3 is 11.9 Å². The van der Waals surface area contributed by atoms with Crippen molar-refractivity contribution in [2.45, 2.75) is 31.3 Å². The van der Waals surface area contributed by atoms with Crippen molar-refractivity contribution >= 4 is 79.2 Å². The number of carboxylic acids is 2. The minimum absolute atomic E-state index is 0.0474. The van der Waals surface area contributed by atoms with Gasteiger partial charge in [-0.1, -0.05) is 84.9 Å². The molecule has 0 saturated heterocycles. The summed E-state index contributed by atoms with van der Waals surface area (Å²) in [5, 5.41) is 27.1. The number of amides is 2. The van der Waals surface area contributed by atoms with Crippen LogP contribution in [0.15, 0.2) is 154 Å². The predicted octanol–water partition coefficient (Wildman–Crippen LogP) is 8.01. The molecule has 294 valence electrons. The van der Waals surface area contributed by atoms with Gasteiger partial charge in [0, 0.05) is 51.1 Å². The molecule has 2 amide bonds. The number of carbonyl (C=O) groups is 6. The number of carbonyl (C=O) groups excluding carboxylic acids is 4. The van der Waals surface area contributed by atoms with Crippen LogP contribution in [0.2, 0.25) is 0 Å². The van der Waals surface area contributed by atoms with Crippen LogP contribution in [0.1, 0.15) is 49.5 Å². The molecular weight excluding hydrogens is 753 g/mol. The second-order valence-electron chi connectivity index (χ2n) is 13.7. The van der Waals surface area contributed by atoms with E-state index in [1.54, 1.807) is 91.0 Å². The molecule has 0 saturated carbocycles. The number of fused-ring (bicyclic) bond motifs is 6. The van der Waals surface area contributed by atoms with Crippen LogP contribution in [-0.4, -0.2) is 57.6 Å². The van der Waals surface area contributed by atoms with Crippen molar-refractivity contribution in [2.75, 3.05) is 0 Å². The molecule has 12 nitrogen and oxygen atoms in total. The minimum atomic E-state index is -1.33. The zero-order valence-corrected chi connectivity index (χ0v) is 31.3. The molecule has 0 aliphatic rings. The summed E-state index contributed by atoms with van der Waals surface area (Å²) < 4.78 is 11.5. The Morgan fingerprint density at radius 1 is 0.458 bits per heavy atom. The molecule has 8 rings (SSSR count). The van der Waals surface area contributed by atoms with Crippen molar-refractivity contribution in [1.29, 1.82) is 0 Å². The zero-order valence-electron chi connectivity index (χ0n) is 31.3. The van der Waals surface area contributed by atoms with Gasteiger partial charge in [0.15, 0.2) is 11.6 Å². The van der Waals surface area contributed by atoms with Gasteiger partial charge in [-0.15, -0.1) is 0 Å². The lowest BCUT2D eigenvalue weighted by Gasteiger charge is -2.14. The molecular formula is C47H36N2O10. The lowest BCUT2D eigenvalue weighted by atomic mass is 10.0. The molecule has 12 heteroatoms. The van der Waals surface area contributed by atoms with E-state index in [0.29, 0.717) is 39.0 Å². The highest BCUT2D eigenvalue weighted by Gasteiger charge is 2.26. The minimum Gasteiger partial charge on any atom is -0.480 e. The molecule has 6 aromatic carbocycles. The van der Waals surface area contributed by atoms with E-state index in [4.69, 9.17) is 8.83 Å². The highest BCUT2D eigenvalue weighted by Crippen LogP contribution is 2.31. The van der Waals surface area contributed by atoms with Crippen LogP contribution in [0.25, 0.3) is 43.9 Å². The molecule has 2 heterocycles. The van der Waals surface area contributed by atoms with E-state index < -0.39 is 35.8 Å². The van der Waals surface area contributed by atoms with Crippen molar-refractivity contribution in [2.24, 2.45) is 0 Å². The first-order chi connectivity index (χ1) is 28.5. The van der Waals surface area contributed by atoms with E-state index in [1.165, 1.54) is 0 Å². The van der Waals surface area contributed by atoms with Crippen LogP contribution in [-0.2, 0) is 20.8 Å². The molecule has 0 bridgehead atoms. The number of hydrogen-bond donors (Lipinski definition) is 4. The number of para-hydroxylation sites is 2. The molecule has 59 heavy (non-hydrogen) atoms. The summed E-state index contributed by atoms with van der Waals surface area (Å²) in [4.78, 5) is 73.2. The van der Waals surface area contributed by atoms with Gasteiger partial charge in [-0.3, -0.25) is 19.2 Å². The molecule has 0 unspecified atom stereocenters. The SMILES string of the molecule is O=C(C[C@H](NC(=O)c1ccccc1)C(=O)O)c1ccc2oc3ccccc3c2c1.O=C(Cc1ccccc1)N[C@@H](CC(=O)c1ccc2oc3ccccc3c2c1)C(=O)O. The first kappa shape index (κ1) is 39.4. The lowest BCUT2D eigenvalue weighted by Crippen LogP contribution is -2.42. The molecule has 8 aromatic rings. The zero-order chi connectivity index (χ0) is 41.5. The second-order valence-corrected chi connectivity index (χ2v) is 13.7. The molecule has 4 N–H and O–H groups in total. The molecule has 0 aliphatic carbocycles. The molecule has 0 radical (unpaired) electrons. The van der Waals surface area contributed by atoms with Gasteiger partial charge in [0.25, 0.3) is 5.91 Å². The van der Waals surface area contributed by atoms with Crippen LogP contribution in [0.4, 0.5) is 0 Å². The van der Waals surface area contributed by atoms with Gasteiger partial charge < -0.3 is 29.7 Å². The number of aliphatic carboxylic acids is 2. The van der Waals surface area contributed by atoms with Crippen molar-refractivity contribution in [3.05, 3.63) is 168 Å². The number of furan rings is 2. The second kappa shape index (κ2) is 17.5. The monoisotopic (exact) mass is 788 g/mol. The van der Waals surface area contributed by atoms with Gasteiger partial charge in [-0.25, -0.2) is 9.59 Å². The molecule has 2 atom stereocenters. The fraction of sp³-hybridized carbons (Fsp3) is 0.106. The van der Waals surface area contributed by atoms with E-state index >= 15 is 0 Å². The van der Waals surface area contributed by atoms with Crippen molar-refractivity contribution in [3.63, 3.8) is 0 Å². The Hall–Kier alpha value is -7.86. The van der Waals surface area contributed by atoms with E-state index in [9.17, 15) is 39.0 Å². The van der Waals surface area contributed by atoms with Crippen LogP contribution in [0.5, 0.6) is 0 Å². The topological polar surface area (TPSA) is 193 Å². The molecule has 0 aliphatic heterocycles. The lowest BCUT2D eigenvalue weighted by molar-refractivity contribution is -0.141. The standard InChI is InChI=1S/C24H19NO5.C23H17NO5/c26-20(14-19(24(28)29)25-23(27)12-15-6-2-1-3-7-15)16-10-11-22-18(13-16)17-8-4-5-9-21(17)30-22;25-19(13-18(23(27)28)24-22(26)14-6-2-1-3-7-14)15-10-11-21-17(12-15)16-8-4-5-9-20(16)29-21/h1-11,13,19H,12,14H2,(H,25,27)(H,28,29);1-12,18H,13H2,(H,24,26)(H,27,28)/t19-;18-/m00/s1. The fourth-order valence-corrected chi connectivity index (χ4v) is 6.66. The summed E-state index contributed by atoms with van der Waals surface area (Å²) in [5.41, 5.74) is 4.56. The summed E-state index contributed by atoms with van der Waals surface area (Å²) in [6.07, 6.45) is -0.641. The van der Waals surface area contributed by atoms with Gasteiger partial charge in [0.05, 0.1) is 6.42 Å². The number of benzene rings is 6. The van der Waals surface area contributed by atoms with E-state index in [0.717, 1.165) is 27.1 Å². The Labute approximate surface area is 336 Å². The number of rotatable bonds is 13. The van der Waals surface area contributed by atoms with Gasteiger partial charge in [0.2, 0.25) is 5.91 Å². The number of carboxylic acid groups (broad SMARTS) is 2. The summed E-state index contributed by atoms with van der Waals surface area (Å²) in [5.74, 6) is -4.25.